The molecule has 1 heterocycles. The number of hydrogen-bond acceptors (Lipinski definition) is 3. The maximum Gasteiger partial charge on any atom is 0.252 e. The predicted molar refractivity (Wildman–Crippen MR) is 58.6 cm³/mol. The third kappa shape index (κ3) is 2.14. The Kier molecular flexibility index (Phi) is 3.30. The van der Waals surface area contributed by atoms with Gasteiger partial charge >= 0.3 is 0 Å². The summed E-state index contributed by atoms with van der Waals surface area (Å²) in [6.07, 6.45) is 1.76. The van der Waals surface area contributed by atoms with Crippen LogP contribution in [0.15, 0.2) is 23.1 Å². The van der Waals surface area contributed by atoms with E-state index in [9.17, 15) is 4.79 Å². The minimum atomic E-state index is -0.00132. The minimum absolute atomic E-state index is 0.00132. The van der Waals surface area contributed by atoms with Crippen molar-refractivity contribution in [1.82, 2.24) is 4.57 Å². The number of aryl methyl sites for hydroxylation is 1. The fourth-order valence-electron chi connectivity index (χ4n) is 1.17. The third-order valence-corrected chi connectivity index (χ3v) is 2.50. The largest absolute Gasteiger partial charge is 0.370 e. The topological polar surface area (TPSA) is 51.3 Å². The van der Waals surface area contributed by atoms with E-state index in [-0.39, 0.29) is 11.6 Å². The molecule has 1 aromatic rings. The van der Waals surface area contributed by atoms with Crippen LogP contribution < -0.4 is 16.2 Å². The third-order valence-electron chi connectivity index (χ3n) is 2.50. The van der Waals surface area contributed by atoms with Crippen LogP contribution in [0.3, 0.4) is 0 Å². The molecule has 78 valence electrons. The Morgan fingerprint density at radius 1 is 1.64 bits per heavy atom. The van der Waals surface area contributed by atoms with Gasteiger partial charge in [0, 0.05) is 44.6 Å². The molecule has 1 rings (SSSR count). The maximum absolute atomic E-state index is 11.4. The van der Waals surface area contributed by atoms with Gasteiger partial charge in [0.25, 0.3) is 5.56 Å². The first-order valence-corrected chi connectivity index (χ1v) is 4.66. The van der Waals surface area contributed by atoms with Crippen molar-refractivity contribution in [3.63, 3.8) is 0 Å². The first-order valence-electron chi connectivity index (χ1n) is 4.66. The van der Waals surface area contributed by atoms with E-state index in [1.807, 2.05) is 24.9 Å². The van der Waals surface area contributed by atoms with E-state index in [2.05, 4.69) is 0 Å². The molecule has 1 unspecified atom stereocenters. The van der Waals surface area contributed by atoms with Gasteiger partial charge in [-0.05, 0) is 13.0 Å². The molecule has 2 N–H and O–H groups in total. The maximum atomic E-state index is 11.4. The van der Waals surface area contributed by atoms with Crippen LogP contribution >= 0.6 is 0 Å². The molecular weight excluding hydrogens is 178 g/mol. The van der Waals surface area contributed by atoms with E-state index in [1.54, 1.807) is 23.9 Å². The molecule has 4 heteroatoms. The summed E-state index contributed by atoms with van der Waals surface area (Å²) in [4.78, 5) is 13.4. The number of rotatable bonds is 3. The molecule has 0 spiro atoms. The molecule has 0 fully saturated rings. The van der Waals surface area contributed by atoms with Crippen LogP contribution in [0.1, 0.15) is 6.92 Å². The molecule has 0 radical (unpaired) electrons. The zero-order valence-electron chi connectivity index (χ0n) is 8.90. The molecule has 0 aliphatic carbocycles. The molecule has 0 saturated heterocycles. The van der Waals surface area contributed by atoms with Crippen molar-refractivity contribution in [3.8, 4) is 0 Å². The second-order valence-corrected chi connectivity index (χ2v) is 3.53. The van der Waals surface area contributed by atoms with Crippen LogP contribution in [0.4, 0.5) is 5.69 Å². The number of nitrogens with zero attached hydrogens (tertiary/aromatic N) is 2. The predicted octanol–water partition coefficient (Wildman–Crippen LogP) is 0.169. The lowest BCUT2D eigenvalue weighted by Gasteiger charge is -2.25. The Bertz CT molecular complexity index is 359. The highest BCUT2D eigenvalue weighted by Gasteiger charge is 2.08. The Morgan fingerprint density at radius 2 is 2.29 bits per heavy atom. The van der Waals surface area contributed by atoms with Gasteiger partial charge in [-0.15, -0.1) is 0 Å². The van der Waals surface area contributed by atoms with Crippen molar-refractivity contribution < 1.29 is 0 Å². The lowest BCUT2D eigenvalue weighted by Crippen LogP contribution is -2.36. The van der Waals surface area contributed by atoms with E-state index < -0.39 is 0 Å². The van der Waals surface area contributed by atoms with Gasteiger partial charge in [-0.3, -0.25) is 4.79 Å². The Labute approximate surface area is 83.9 Å². The van der Waals surface area contributed by atoms with Gasteiger partial charge < -0.3 is 15.2 Å². The summed E-state index contributed by atoms with van der Waals surface area (Å²) < 4.78 is 1.55. The summed E-state index contributed by atoms with van der Waals surface area (Å²) in [5.41, 5.74) is 6.46. The molecule has 14 heavy (non-hydrogen) atoms. The summed E-state index contributed by atoms with van der Waals surface area (Å²) in [5, 5.41) is 0. The van der Waals surface area contributed by atoms with Crippen LogP contribution in [0, 0.1) is 0 Å². The molecule has 0 aliphatic heterocycles. The normalized spacial score (nSPS) is 12.6. The molecule has 0 bridgehead atoms. The van der Waals surface area contributed by atoms with Crippen molar-refractivity contribution in [1.29, 1.82) is 0 Å². The highest BCUT2D eigenvalue weighted by molar-refractivity contribution is 5.44. The van der Waals surface area contributed by atoms with Gasteiger partial charge in [0.05, 0.1) is 0 Å². The SMILES string of the molecule is CC(CN)N(C)c1ccn(C)c(=O)c1. The molecular formula is C10H17N3O. The lowest BCUT2D eigenvalue weighted by molar-refractivity contribution is 0.693. The van der Waals surface area contributed by atoms with Crippen LogP contribution in [0.2, 0.25) is 0 Å². The van der Waals surface area contributed by atoms with Gasteiger partial charge in [0.15, 0.2) is 0 Å². The quantitative estimate of drug-likeness (QED) is 0.748. The zero-order chi connectivity index (χ0) is 10.7. The standard InChI is InChI=1S/C10H17N3O/c1-8(7-11)13(3)9-4-5-12(2)10(14)6-9/h4-6,8H,7,11H2,1-3H3. The number of nitrogens with two attached hydrogens (primary N) is 1. The lowest BCUT2D eigenvalue weighted by atomic mass is 10.2. The molecule has 0 aromatic carbocycles. The van der Waals surface area contributed by atoms with Crippen molar-refractivity contribution in [2.75, 3.05) is 18.5 Å². The molecule has 0 aliphatic rings. The van der Waals surface area contributed by atoms with Crippen molar-refractivity contribution in [2.45, 2.75) is 13.0 Å². The summed E-state index contributed by atoms with van der Waals surface area (Å²) >= 11 is 0. The van der Waals surface area contributed by atoms with Crippen molar-refractivity contribution >= 4 is 5.69 Å². The van der Waals surface area contributed by atoms with Gasteiger partial charge in [0.1, 0.15) is 0 Å². The number of likely N-dealkylation sites (N-methyl/N-ethyl adjacent to an activating group) is 1. The minimum Gasteiger partial charge on any atom is -0.370 e. The summed E-state index contributed by atoms with van der Waals surface area (Å²) in [7, 11) is 3.67. The molecule has 0 amide bonds. The number of hydrogen-bond donors (Lipinski definition) is 1. The summed E-state index contributed by atoms with van der Waals surface area (Å²) in [5.74, 6) is 0. The monoisotopic (exact) mass is 195 g/mol. The van der Waals surface area contributed by atoms with E-state index in [0.717, 1.165) is 5.69 Å². The first-order chi connectivity index (χ1) is 6.56. The number of pyridine rings is 1. The first kappa shape index (κ1) is 10.8. The molecule has 0 saturated carbocycles. The Morgan fingerprint density at radius 3 is 2.79 bits per heavy atom. The highest BCUT2D eigenvalue weighted by Crippen LogP contribution is 2.10. The van der Waals surface area contributed by atoms with Gasteiger partial charge in [-0.1, -0.05) is 0 Å². The van der Waals surface area contributed by atoms with Gasteiger partial charge in [-0.25, -0.2) is 0 Å². The highest BCUT2D eigenvalue weighted by atomic mass is 16.1. The van der Waals surface area contributed by atoms with Crippen molar-refractivity contribution in [3.05, 3.63) is 28.7 Å². The summed E-state index contributed by atoms with van der Waals surface area (Å²) in [6.45, 7) is 2.60. The van der Waals surface area contributed by atoms with Crippen LogP contribution in [-0.4, -0.2) is 24.2 Å². The number of anilines is 1. The van der Waals surface area contributed by atoms with E-state index in [1.165, 1.54) is 0 Å². The Balaban J connectivity index is 2.97. The smallest absolute Gasteiger partial charge is 0.252 e. The van der Waals surface area contributed by atoms with Crippen LogP contribution in [0.5, 0.6) is 0 Å². The average Bonchev–Trinajstić information content (AvgIpc) is 2.20. The van der Waals surface area contributed by atoms with E-state index in [0.29, 0.717) is 6.54 Å². The van der Waals surface area contributed by atoms with E-state index in [4.69, 9.17) is 5.73 Å². The van der Waals surface area contributed by atoms with Gasteiger partial charge in [0.2, 0.25) is 0 Å². The van der Waals surface area contributed by atoms with Crippen LogP contribution in [0.25, 0.3) is 0 Å². The second-order valence-electron chi connectivity index (χ2n) is 3.53. The second kappa shape index (κ2) is 4.28. The van der Waals surface area contributed by atoms with Crippen molar-refractivity contribution in [2.24, 2.45) is 12.8 Å². The Hall–Kier alpha value is -1.29. The zero-order valence-corrected chi connectivity index (χ0v) is 8.90. The van der Waals surface area contributed by atoms with E-state index >= 15 is 0 Å². The fraction of sp³-hybridized carbons (Fsp3) is 0.500. The summed E-state index contributed by atoms with van der Waals surface area (Å²) in [6, 6.07) is 3.77. The molecule has 1 atom stereocenters. The average molecular weight is 195 g/mol. The number of aromatic nitrogens is 1. The molecule has 4 nitrogen and oxygen atoms in total. The van der Waals surface area contributed by atoms with Crippen LogP contribution in [-0.2, 0) is 7.05 Å². The molecule has 1 aromatic heterocycles. The van der Waals surface area contributed by atoms with Gasteiger partial charge in [-0.2, -0.15) is 0 Å². The fourth-order valence-corrected chi connectivity index (χ4v) is 1.17.